The number of rotatable bonds is 3. The molecule has 0 saturated carbocycles. The number of ether oxygens (including phenoxy) is 3. The van der Waals surface area contributed by atoms with Gasteiger partial charge in [0.2, 0.25) is 0 Å². The van der Waals surface area contributed by atoms with Gasteiger partial charge in [-0.05, 0) is 24.6 Å². The molecule has 0 radical (unpaired) electrons. The Kier molecular flexibility index (Phi) is 4.67. The predicted octanol–water partition coefficient (Wildman–Crippen LogP) is 2.21. The van der Waals surface area contributed by atoms with Gasteiger partial charge in [0.15, 0.2) is 0 Å². The first kappa shape index (κ1) is 14.4. The van der Waals surface area contributed by atoms with Gasteiger partial charge in [-0.1, -0.05) is 0 Å². The third kappa shape index (κ3) is 2.61. The second-order valence-corrected chi connectivity index (χ2v) is 3.88. The maximum Gasteiger partial charge on any atom is 0.407 e. The van der Waals surface area contributed by atoms with E-state index in [0.29, 0.717) is 11.5 Å². The lowest BCUT2D eigenvalue weighted by Crippen LogP contribution is -2.19. The van der Waals surface area contributed by atoms with Gasteiger partial charge in [-0.3, -0.25) is 0 Å². The van der Waals surface area contributed by atoms with Gasteiger partial charge in [0.25, 0.3) is 0 Å². The minimum Gasteiger partial charge on any atom is -0.496 e. The zero-order chi connectivity index (χ0) is 12.4. The summed E-state index contributed by atoms with van der Waals surface area (Å²) in [5, 5.41) is 2.72. The fourth-order valence-electron chi connectivity index (χ4n) is 1.95. The van der Waals surface area contributed by atoms with Gasteiger partial charge in [-0.15, -0.1) is 12.4 Å². The summed E-state index contributed by atoms with van der Waals surface area (Å²) in [7, 11) is 3.19. The number of benzene rings is 1. The Balaban J connectivity index is 0.00000162. The summed E-state index contributed by atoms with van der Waals surface area (Å²) in [6, 6.07) is 3.58. The van der Waals surface area contributed by atoms with Crippen LogP contribution in [-0.4, -0.2) is 26.9 Å². The third-order valence-corrected chi connectivity index (χ3v) is 2.71. The third-order valence-electron chi connectivity index (χ3n) is 2.71. The average molecular weight is 274 g/mol. The highest BCUT2D eigenvalue weighted by molar-refractivity contribution is 5.85. The summed E-state index contributed by atoms with van der Waals surface area (Å²) >= 11 is 0. The lowest BCUT2D eigenvalue weighted by atomic mass is 10.0. The number of aryl methyl sites for hydroxylation is 1. The molecule has 0 spiro atoms. The maximum atomic E-state index is 11.1. The SMILES string of the molecule is COc1cc(C)cc(OC)c1[C@@H]1COC(=O)N1.Cl. The van der Waals surface area contributed by atoms with E-state index in [1.165, 1.54) is 0 Å². The van der Waals surface area contributed by atoms with Crippen molar-refractivity contribution in [3.05, 3.63) is 23.3 Å². The summed E-state index contributed by atoms with van der Waals surface area (Å²) in [6.07, 6.45) is -0.417. The molecule has 0 aromatic heterocycles. The van der Waals surface area contributed by atoms with Crippen molar-refractivity contribution in [2.75, 3.05) is 20.8 Å². The largest absolute Gasteiger partial charge is 0.496 e. The monoisotopic (exact) mass is 273 g/mol. The van der Waals surface area contributed by atoms with E-state index in [2.05, 4.69) is 5.32 Å². The van der Waals surface area contributed by atoms with E-state index in [0.717, 1.165) is 11.1 Å². The normalized spacial score (nSPS) is 17.5. The quantitative estimate of drug-likeness (QED) is 0.917. The number of hydrogen-bond acceptors (Lipinski definition) is 4. The Bertz CT molecular complexity index is 425. The van der Waals surface area contributed by atoms with Crippen molar-refractivity contribution in [2.24, 2.45) is 0 Å². The van der Waals surface area contributed by atoms with Crippen molar-refractivity contribution < 1.29 is 19.0 Å². The first-order chi connectivity index (χ1) is 8.15. The van der Waals surface area contributed by atoms with Gasteiger partial charge < -0.3 is 19.5 Å². The van der Waals surface area contributed by atoms with Crippen LogP contribution in [0.1, 0.15) is 17.2 Å². The number of methoxy groups -OCH3 is 2. The van der Waals surface area contributed by atoms with Crippen LogP contribution in [-0.2, 0) is 4.74 Å². The van der Waals surface area contributed by atoms with Crippen molar-refractivity contribution in [2.45, 2.75) is 13.0 Å². The van der Waals surface area contributed by atoms with E-state index in [-0.39, 0.29) is 25.1 Å². The molecular formula is C12H16ClNO4. The lowest BCUT2D eigenvalue weighted by molar-refractivity contribution is 0.176. The van der Waals surface area contributed by atoms with Gasteiger partial charge >= 0.3 is 6.09 Å². The molecule has 1 saturated heterocycles. The van der Waals surface area contributed by atoms with E-state index in [9.17, 15) is 4.79 Å². The highest BCUT2D eigenvalue weighted by Crippen LogP contribution is 2.36. The number of alkyl carbamates (subject to hydrolysis) is 1. The molecule has 1 atom stereocenters. The summed E-state index contributed by atoms with van der Waals surface area (Å²) in [4.78, 5) is 11.1. The Morgan fingerprint density at radius 3 is 2.22 bits per heavy atom. The van der Waals surface area contributed by atoms with Crippen molar-refractivity contribution in [1.82, 2.24) is 5.32 Å². The van der Waals surface area contributed by atoms with Crippen LogP contribution in [0.2, 0.25) is 0 Å². The number of amides is 1. The molecule has 1 heterocycles. The molecule has 6 heteroatoms. The molecule has 100 valence electrons. The summed E-state index contributed by atoms with van der Waals surface area (Å²) in [5.74, 6) is 1.38. The van der Waals surface area contributed by atoms with Gasteiger partial charge in [0.05, 0.1) is 25.8 Å². The molecule has 1 aliphatic heterocycles. The molecule has 1 fully saturated rings. The molecular weight excluding hydrogens is 258 g/mol. The van der Waals surface area contributed by atoms with Gasteiger partial charge in [0.1, 0.15) is 18.1 Å². The summed E-state index contributed by atoms with van der Waals surface area (Å²) in [6.45, 7) is 2.24. The first-order valence-corrected chi connectivity index (χ1v) is 5.31. The van der Waals surface area contributed by atoms with Crippen LogP contribution in [0.5, 0.6) is 11.5 Å². The number of carbonyl (C=O) groups excluding carboxylic acids is 1. The maximum absolute atomic E-state index is 11.1. The van der Waals surface area contributed by atoms with Crippen molar-refractivity contribution in [3.8, 4) is 11.5 Å². The molecule has 0 bridgehead atoms. The second-order valence-electron chi connectivity index (χ2n) is 3.88. The fourth-order valence-corrected chi connectivity index (χ4v) is 1.95. The molecule has 1 aliphatic rings. The van der Waals surface area contributed by atoms with Crippen LogP contribution in [0.15, 0.2) is 12.1 Å². The molecule has 1 amide bonds. The van der Waals surface area contributed by atoms with Gasteiger partial charge in [0, 0.05) is 0 Å². The second kappa shape index (κ2) is 5.82. The van der Waals surface area contributed by atoms with Crippen LogP contribution >= 0.6 is 12.4 Å². The average Bonchev–Trinajstić information content (AvgIpc) is 2.74. The number of nitrogens with one attached hydrogen (secondary N) is 1. The molecule has 5 nitrogen and oxygen atoms in total. The predicted molar refractivity (Wildman–Crippen MR) is 68.8 cm³/mol. The van der Waals surface area contributed by atoms with Crippen LogP contribution in [0.4, 0.5) is 4.79 Å². The Morgan fingerprint density at radius 2 is 1.83 bits per heavy atom. The van der Waals surface area contributed by atoms with Crippen LogP contribution in [0.25, 0.3) is 0 Å². The lowest BCUT2D eigenvalue weighted by Gasteiger charge is -2.17. The highest BCUT2D eigenvalue weighted by Gasteiger charge is 2.29. The molecule has 18 heavy (non-hydrogen) atoms. The number of halogens is 1. The number of hydrogen-bond donors (Lipinski definition) is 1. The molecule has 1 aromatic carbocycles. The Labute approximate surface area is 112 Å². The van der Waals surface area contributed by atoms with Gasteiger partial charge in [-0.2, -0.15) is 0 Å². The fraction of sp³-hybridized carbons (Fsp3) is 0.417. The van der Waals surface area contributed by atoms with Crippen molar-refractivity contribution >= 4 is 18.5 Å². The summed E-state index contributed by atoms with van der Waals surface area (Å²) < 4.78 is 15.5. The number of cyclic esters (lactones) is 1. The summed E-state index contributed by atoms with van der Waals surface area (Å²) in [5.41, 5.74) is 1.85. The minimum absolute atomic E-state index is 0. The van der Waals surface area contributed by atoms with E-state index < -0.39 is 6.09 Å². The van der Waals surface area contributed by atoms with E-state index in [1.807, 2.05) is 19.1 Å². The van der Waals surface area contributed by atoms with Crippen LogP contribution in [0.3, 0.4) is 0 Å². The van der Waals surface area contributed by atoms with Gasteiger partial charge in [-0.25, -0.2) is 4.79 Å². The van der Waals surface area contributed by atoms with Crippen LogP contribution in [0, 0.1) is 6.92 Å². The topological polar surface area (TPSA) is 56.8 Å². The molecule has 1 N–H and O–H groups in total. The van der Waals surface area contributed by atoms with E-state index >= 15 is 0 Å². The minimum atomic E-state index is -0.417. The number of carbonyl (C=O) groups is 1. The Morgan fingerprint density at radius 1 is 1.28 bits per heavy atom. The highest BCUT2D eigenvalue weighted by atomic mass is 35.5. The smallest absolute Gasteiger partial charge is 0.407 e. The van der Waals surface area contributed by atoms with E-state index in [1.54, 1.807) is 14.2 Å². The van der Waals surface area contributed by atoms with E-state index in [4.69, 9.17) is 14.2 Å². The van der Waals surface area contributed by atoms with Crippen molar-refractivity contribution in [3.63, 3.8) is 0 Å². The zero-order valence-corrected chi connectivity index (χ0v) is 11.3. The molecule has 0 unspecified atom stereocenters. The first-order valence-electron chi connectivity index (χ1n) is 5.31. The Hall–Kier alpha value is -1.62. The molecule has 2 rings (SSSR count). The zero-order valence-electron chi connectivity index (χ0n) is 10.5. The molecule has 0 aliphatic carbocycles. The van der Waals surface area contributed by atoms with Crippen LogP contribution < -0.4 is 14.8 Å². The molecule has 1 aromatic rings. The van der Waals surface area contributed by atoms with Crippen molar-refractivity contribution in [1.29, 1.82) is 0 Å². The standard InChI is InChI=1S/C12H15NO4.ClH/c1-7-4-9(15-2)11(10(5-7)16-3)8-6-17-12(14)13-8;/h4-5,8H,6H2,1-3H3,(H,13,14);1H/t8-;/m0./s1.